The minimum absolute atomic E-state index is 0.407. The highest BCUT2D eigenvalue weighted by atomic mass is 32.2. The van der Waals surface area contributed by atoms with E-state index < -0.39 is 0 Å². The first-order chi connectivity index (χ1) is 19.1. The van der Waals surface area contributed by atoms with E-state index in [-0.39, 0.29) is 0 Å². The lowest BCUT2D eigenvalue weighted by molar-refractivity contribution is 0.0599. The fourth-order valence-corrected chi connectivity index (χ4v) is 8.53. The third kappa shape index (κ3) is 6.53. The number of nitrogens with zero attached hydrogens (tertiary/aromatic N) is 3. The van der Waals surface area contributed by atoms with Crippen LogP contribution in [0, 0.1) is 13.8 Å². The van der Waals surface area contributed by atoms with Crippen LogP contribution >= 0.6 is 23.5 Å². The smallest absolute Gasteiger partial charge is 0.133 e. The zero-order valence-electron chi connectivity index (χ0n) is 24.1. The molecule has 3 nitrogen and oxygen atoms in total. The zero-order chi connectivity index (χ0) is 27.2. The van der Waals surface area contributed by atoms with Crippen LogP contribution in [0.2, 0.25) is 0 Å². The highest BCUT2D eigenvalue weighted by molar-refractivity contribution is 7.99. The van der Waals surface area contributed by atoms with Gasteiger partial charge in [-0.15, -0.1) is 23.5 Å². The molecule has 0 radical (unpaired) electrons. The lowest BCUT2D eigenvalue weighted by Gasteiger charge is -2.59. The summed E-state index contributed by atoms with van der Waals surface area (Å²) in [5, 5.41) is 0.705. The first-order valence-electron chi connectivity index (χ1n) is 14.6. The molecule has 0 amide bonds. The summed E-state index contributed by atoms with van der Waals surface area (Å²) in [5.41, 5.74) is 7.51. The van der Waals surface area contributed by atoms with Gasteiger partial charge in [-0.1, -0.05) is 85.3 Å². The Morgan fingerprint density at radius 1 is 0.667 bits per heavy atom. The highest BCUT2D eigenvalue weighted by Crippen LogP contribution is 2.42. The molecule has 5 rings (SSSR count). The molecule has 3 aromatic rings. The van der Waals surface area contributed by atoms with E-state index in [4.69, 9.17) is 0 Å². The standard InChI is InChI=1S/C34H45N3S2/c1-26-15-14-16-27(2)33(26)37-31(24-29-19-10-6-11-20-29)36(34(37)39-4)22-13-7-12-21-35-30(25-32(35)38-3)23-28-17-8-5-9-18-28/h5-6,8-11,14-20,30-32,34H,7,12-13,21-25H2,1-4H3. The van der Waals surface area contributed by atoms with Gasteiger partial charge in [0.2, 0.25) is 0 Å². The summed E-state index contributed by atoms with van der Waals surface area (Å²) in [6.07, 6.45) is 12.4. The SMILES string of the molecule is CSC1CC(Cc2ccccc2)N1CCCCCN1C(Cc2ccccc2)N(c2c(C)cccc2C)C1SC. The Kier molecular flexibility index (Phi) is 9.99. The summed E-state index contributed by atoms with van der Waals surface area (Å²) >= 11 is 4.01. The number of para-hydroxylation sites is 1. The Morgan fingerprint density at radius 2 is 1.26 bits per heavy atom. The van der Waals surface area contributed by atoms with Gasteiger partial charge in [-0.05, 0) is 80.8 Å². The van der Waals surface area contributed by atoms with Crippen LogP contribution in [0.15, 0.2) is 78.9 Å². The van der Waals surface area contributed by atoms with E-state index in [1.165, 1.54) is 73.1 Å². The summed E-state index contributed by atoms with van der Waals surface area (Å²) in [6.45, 7) is 6.94. The monoisotopic (exact) mass is 559 g/mol. The molecule has 2 fully saturated rings. The van der Waals surface area contributed by atoms with Gasteiger partial charge in [-0.2, -0.15) is 0 Å². The molecule has 0 bridgehead atoms. The van der Waals surface area contributed by atoms with E-state index in [1.807, 2.05) is 23.5 Å². The van der Waals surface area contributed by atoms with Crippen molar-refractivity contribution in [1.29, 1.82) is 0 Å². The average Bonchev–Trinajstić information content (AvgIpc) is 2.94. The zero-order valence-corrected chi connectivity index (χ0v) is 25.8. The number of rotatable bonds is 13. The summed E-state index contributed by atoms with van der Waals surface area (Å²) in [6, 6.07) is 29.5. The largest absolute Gasteiger partial charge is 0.330 e. The molecular formula is C34H45N3S2. The van der Waals surface area contributed by atoms with E-state index in [0.717, 1.165) is 6.42 Å². The average molecular weight is 560 g/mol. The maximum Gasteiger partial charge on any atom is 0.133 e. The first-order valence-corrected chi connectivity index (χ1v) is 17.2. The predicted octanol–water partition coefficient (Wildman–Crippen LogP) is 7.82. The maximum absolute atomic E-state index is 2.77. The molecule has 0 aromatic heterocycles. The third-order valence-corrected chi connectivity index (χ3v) is 10.6. The van der Waals surface area contributed by atoms with Gasteiger partial charge in [0.05, 0.1) is 11.5 Å². The Bertz CT molecular complexity index is 1150. The fourth-order valence-electron chi connectivity index (χ4n) is 6.58. The summed E-state index contributed by atoms with van der Waals surface area (Å²) in [4.78, 5) is 8.22. The first kappa shape index (κ1) is 28.6. The number of anilines is 1. The fraction of sp³-hybridized carbons (Fsp3) is 0.471. The molecule has 39 heavy (non-hydrogen) atoms. The van der Waals surface area contributed by atoms with Crippen LogP contribution in [0.4, 0.5) is 5.69 Å². The van der Waals surface area contributed by atoms with Gasteiger partial charge >= 0.3 is 0 Å². The molecule has 2 aliphatic rings. The lowest BCUT2D eigenvalue weighted by Crippen LogP contribution is -2.71. The summed E-state index contributed by atoms with van der Waals surface area (Å²) in [5.74, 6) is 0. The minimum Gasteiger partial charge on any atom is -0.330 e. The van der Waals surface area contributed by atoms with Crippen molar-refractivity contribution < 1.29 is 0 Å². The van der Waals surface area contributed by atoms with Crippen LogP contribution in [0.1, 0.15) is 47.9 Å². The molecule has 2 heterocycles. The van der Waals surface area contributed by atoms with Crippen LogP contribution in [0.5, 0.6) is 0 Å². The quantitative estimate of drug-likeness (QED) is 0.197. The molecule has 0 saturated carbocycles. The molecule has 0 spiro atoms. The number of benzene rings is 3. The van der Waals surface area contributed by atoms with Crippen molar-refractivity contribution in [2.24, 2.45) is 0 Å². The van der Waals surface area contributed by atoms with E-state index >= 15 is 0 Å². The van der Waals surface area contributed by atoms with Crippen molar-refractivity contribution >= 4 is 29.2 Å². The van der Waals surface area contributed by atoms with Crippen molar-refractivity contribution in [3.8, 4) is 0 Å². The molecule has 208 valence electrons. The lowest BCUT2D eigenvalue weighted by atomic mass is 9.94. The van der Waals surface area contributed by atoms with Gasteiger partial charge in [0, 0.05) is 24.7 Å². The number of aryl methyl sites for hydroxylation is 2. The van der Waals surface area contributed by atoms with E-state index in [0.29, 0.717) is 23.1 Å². The van der Waals surface area contributed by atoms with Crippen molar-refractivity contribution in [3.05, 3.63) is 101 Å². The van der Waals surface area contributed by atoms with Crippen LogP contribution in [0.25, 0.3) is 0 Å². The number of likely N-dealkylation sites (tertiary alicyclic amines) is 1. The second-order valence-corrected chi connectivity index (χ2v) is 13.1. The van der Waals surface area contributed by atoms with E-state index in [9.17, 15) is 0 Å². The Labute approximate surface area is 245 Å². The van der Waals surface area contributed by atoms with Gasteiger partial charge in [-0.25, -0.2) is 0 Å². The molecular weight excluding hydrogens is 515 g/mol. The second-order valence-electron chi connectivity index (χ2n) is 11.2. The van der Waals surface area contributed by atoms with Crippen LogP contribution in [0.3, 0.4) is 0 Å². The Hall–Kier alpha value is -1.92. The molecule has 2 saturated heterocycles. The second kappa shape index (κ2) is 13.6. The van der Waals surface area contributed by atoms with Crippen molar-refractivity contribution in [2.75, 3.05) is 30.5 Å². The van der Waals surface area contributed by atoms with Crippen LogP contribution in [-0.2, 0) is 12.8 Å². The highest BCUT2D eigenvalue weighted by Gasteiger charge is 2.46. The van der Waals surface area contributed by atoms with Gasteiger partial charge in [-0.3, -0.25) is 9.80 Å². The van der Waals surface area contributed by atoms with Gasteiger partial charge in [0.15, 0.2) is 0 Å². The van der Waals surface area contributed by atoms with Gasteiger partial charge < -0.3 is 4.90 Å². The molecule has 3 aromatic carbocycles. The van der Waals surface area contributed by atoms with Crippen molar-refractivity contribution in [1.82, 2.24) is 9.80 Å². The van der Waals surface area contributed by atoms with Crippen LogP contribution in [-0.4, -0.2) is 58.5 Å². The number of unbranched alkanes of at least 4 members (excludes halogenated alkanes) is 2. The number of thioether (sulfide) groups is 2. The van der Waals surface area contributed by atoms with E-state index in [2.05, 4.69) is 120 Å². The predicted molar refractivity (Wildman–Crippen MR) is 173 cm³/mol. The maximum atomic E-state index is 2.77. The van der Waals surface area contributed by atoms with Crippen molar-refractivity contribution in [3.63, 3.8) is 0 Å². The number of hydrogen-bond acceptors (Lipinski definition) is 5. The molecule has 0 aliphatic carbocycles. The molecule has 2 aliphatic heterocycles. The molecule has 4 unspecified atom stereocenters. The minimum atomic E-state index is 0.407. The molecule has 5 heteroatoms. The van der Waals surface area contributed by atoms with Crippen molar-refractivity contribution in [2.45, 2.75) is 75.5 Å². The molecule has 4 atom stereocenters. The Balaban J connectivity index is 1.18. The Morgan fingerprint density at radius 3 is 1.85 bits per heavy atom. The van der Waals surface area contributed by atoms with E-state index in [1.54, 1.807) is 0 Å². The third-order valence-electron chi connectivity index (χ3n) is 8.63. The normalized spacial score (nSPS) is 23.4. The number of hydrogen-bond donors (Lipinski definition) is 0. The summed E-state index contributed by atoms with van der Waals surface area (Å²) in [7, 11) is 0. The van der Waals surface area contributed by atoms with Crippen LogP contribution < -0.4 is 4.90 Å². The topological polar surface area (TPSA) is 9.72 Å². The molecule has 0 N–H and O–H groups in total. The summed E-state index contributed by atoms with van der Waals surface area (Å²) < 4.78 is 0. The van der Waals surface area contributed by atoms with Gasteiger partial charge in [0.1, 0.15) is 5.50 Å². The van der Waals surface area contributed by atoms with Gasteiger partial charge in [0.25, 0.3) is 0 Å².